The lowest BCUT2D eigenvalue weighted by Gasteiger charge is -2.11. The van der Waals surface area contributed by atoms with Crippen molar-refractivity contribution in [1.82, 2.24) is 9.44 Å². The van der Waals surface area contributed by atoms with Gasteiger partial charge in [-0.25, -0.2) is 4.39 Å². The molecule has 0 saturated heterocycles. The van der Waals surface area contributed by atoms with Gasteiger partial charge in [-0.05, 0) is 25.5 Å². The van der Waals surface area contributed by atoms with Crippen molar-refractivity contribution in [2.45, 2.75) is 33.0 Å². The number of nitrogens with two attached hydrogens (primary N) is 1. The number of nitrogens with one attached hydrogen (secondary N) is 2. The maximum Gasteiger partial charge on any atom is 0.277 e. The van der Waals surface area contributed by atoms with Crippen molar-refractivity contribution >= 4 is 10.2 Å². The first-order valence-corrected chi connectivity index (χ1v) is 7.06. The van der Waals surface area contributed by atoms with Gasteiger partial charge in [0.25, 0.3) is 10.2 Å². The van der Waals surface area contributed by atoms with Crippen LogP contribution in [0.15, 0.2) is 18.2 Å². The summed E-state index contributed by atoms with van der Waals surface area (Å²) in [7, 11) is -3.60. The molecule has 0 saturated carbocycles. The van der Waals surface area contributed by atoms with Gasteiger partial charge in [0, 0.05) is 24.7 Å². The number of rotatable bonds is 6. The SMILES string of the molecule is CC(C)NS(=O)(=O)NCc1ccc(CN)cc1F. The molecule has 0 fully saturated rings. The summed E-state index contributed by atoms with van der Waals surface area (Å²) in [5, 5.41) is 0. The van der Waals surface area contributed by atoms with Crippen molar-refractivity contribution in [3.8, 4) is 0 Å². The van der Waals surface area contributed by atoms with Gasteiger partial charge in [0.1, 0.15) is 5.82 Å². The second-order valence-corrected chi connectivity index (χ2v) is 5.76. The van der Waals surface area contributed by atoms with Crippen LogP contribution in [0.1, 0.15) is 25.0 Å². The zero-order valence-electron chi connectivity index (χ0n) is 10.4. The molecule has 0 atom stereocenters. The Morgan fingerprint density at radius 3 is 2.56 bits per heavy atom. The van der Waals surface area contributed by atoms with Crippen LogP contribution in [0.5, 0.6) is 0 Å². The highest BCUT2D eigenvalue weighted by atomic mass is 32.2. The molecule has 0 aliphatic carbocycles. The first-order valence-electron chi connectivity index (χ1n) is 5.58. The van der Waals surface area contributed by atoms with Gasteiger partial charge in [-0.1, -0.05) is 12.1 Å². The predicted octanol–water partition coefficient (Wildman–Crippen LogP) is 0.617. The van der Waals surface area contributed by atoms with E-state index in [-0.39, 0.29) is 24.7 Å². The van der Waals surface area contributed by atoms with Crippen molar-refractivity contribution < 1.29 is 12.8 Å². The molecule has 7 heteroatoms. The Balaban J connectivity index is 2.69. The van der Waals surface area contributed by atoms with Gasteiger partial charge in [-0.15, -0.1) is 0 Å². The minimum atomic E-state index is -3.60. The van der Waals surface area contributed by atoms with Gasteiger partial charge in [0.15, 0.2) is 0 Å². The molecule has 1 aromatic rings. The van der Waals surface area contributed by atoms with Gasteiger partial charge in [-0.3, -0.25) is 0 Å². The normalized spacial score (nSPS) is 12.1. The predicted molar refractivity (Wildman–Crippen MR) is 68.3 cm³/mol. The summed E-state index contributed by atoms with van der Waals surface area (Å²) in [6, 6.07) is 4.28. The van der Waals surface area contributed by atoms with Crippen LogP contribution in [0.25, 0.3) is 0 Å². The second-order valence-electron chi connectivity index (χ2n) is 4.23. The second kappa shape index (κ2) is 6.24. The first kappa shape index (κ1) is 15.0. The van der Waals surface area contributed by atoms with Crippen LogP contribution in [0.3, 0.4) is 0 Å². The highest BCUT2D eigenvalue weighted by Gasteiger charge is 2.12. The van der Waals surface area contributed by atoms with Crippen LogP contribution in [-0.2, 0) is 23.3 Å². The summed E-state index contributed by atoms with van der Waals surface area (Å²) in [6.07, 6.45) is 0. The highest BCUT2D eigenvalue weighted by molar-refractivity contribution is 7.87. The van der Waals surface area contributed by atoms with E-state index < -0.39 is 16.0 Å². The Kier molecular flexibility index (Phi) is 5.21. The van der Waals surface area contributed by atoms with Crippen molar-refractivity contribution in [3.63, 3.8) is 0 Å². The van der Waals surface area contributed by atoms with Gasteiger partial charge in [0.05, 0.1) is 0 Å². The quantitative estimate of drug-likeness (QED) is 0.711. The van der Waals surface area contributed by atoms with Crippen LogP contribution in [0.2, 0.25) is 0 Å². The van der Waals surface area contributed by atoms with E-state index in [1.807, 2.05) is 0 Å². The van der Waals surface area contributed by atoms with Gasteiger partial charge < -0.3 is 5.73 Å². The lowest BCUT2D eigenvalue weighted by Crippen LogP contribution is -2.40. The molecule has 0 spiro atoms. The molecule has 1 rings (SSSR count). The number of hydrogen-bond acceptors (Lipinski definition) is 3. The van der Waals surface area contributed by atoms with Crippen molar-refractivity contribution in [3.05, 3.63) is 35.1 Å². The average molecular weight is 275 g/mol. The minimum absolute atomic E-state index is 0.0985. The average Bonchev–Trinajstić information content (AvgIpc) is 2.25. The molecule has 1 aromatic carbocycles. The van der Waals surface area contributed by atoms with Gasteiger partial charge >= 0.3 is 0 Å². The van der Waals surface area contributed by atoms with Crippen LogP contribution in [0.4, 0.5) is 4.39 Å². The van der Waals surface area contributed by atoms with E-state index in [9.17, 15) is 12.8 Å². The number of benzene rings is 1. The summed E-state index contributed by atoms with van der Waals surface area (Å²) >= 11 is 0. The molecule has 5 nitrogen and oxygen atoms in total. The molecule has 18 heavy (non-hydrogen) atoms. The molecule has 0 aliphatic heterocycles. The summed E-state index contributed by atoms with van der Waals surface area (Å²) in [6.45, 7) is 3.56. The molecule has 0 aliphatic rings. The topological polar surface area (TPSA) is 84.2 Å². The Labute approximate surface area is 107 Å². The summed E-state index contributed by atoms with van der Waals surface area (Å²) in [5.74, 6) is -0.467. The molecule has 102 valence electrons. The Hall–Kier alpha value is -1.02. The van der Waals surface area contributed by atoms with E-state index in [0.29, 0.717) is 5.56 Å². The van der Waals surface area contributed by atoms with E-state index >= 15 is 0 Å². The van der Waals surface area contributed by atoms with E-state index in [0.717, 1.165) is 0 Å². The van der Waals surface area contributed by atoms with Crippen LogP contribution in [-0.4, -0.2) is 14.5 Å². The first-order chi connectivity index (χ1) is 8.34. The van der Waals surface area contributed by atoms with E-state index in [4.69, 9.17) is 5.73 Å². The van der Waals surface area contributed by atoms with Gasteiger partial charge in [0.2, 0.25) is 0 Å². The standard InChI is InChI=1S/C11H18FN3O2S/c1-8(2)15-18(16,17)14-7-10-4-3-9(6-13)5-11(10)12/h3-5,8,14-15H,6-7,13H2,1-2H3. The fraction of sp³-hybridized carbons (Fsp3) is 0.455. The van der Waals surface area contributed by atoms with E-state index in [2.05, 4.69) is 9.44 Å². The zero-order chi connectivity index (χ0) is 13.8. The monoisotopic (exact) mass is 275 g/mol. The fourth-order valence-corrected chi connectivity index (χ4v) is 2.44. The Bertz CT molecular complexity index is 503. The van der Waals surface area contributed by atoms with Crippen LogP contribution < -0.4 is 15.2 Å². The maximum atomic E-state index is 13.6. The number of hydrogen-bond donors (Lipinski definition) is 3. The van der Waals surface area contributed by atoms with E-state index in [1.165, 1.54) is 12.1 Å². The number of halogens is 1. The summed E-state index contributed by atoms with van der Waals surface area (Å²) < 4.78 is 41.2. The fourth-order valence-electron chi connectivity index (χ4n) is 1.39. The van der Waals surface area contributed by atoms with Crippen molar-refractivity contribution in [1.29, 1.82) is 0 Å². The Morgan fingerprint density at radius 1 is 1.39 bits per heavy atom. The molecule has 0 unspecified atom stereocenters. The lowest BCUT2D eigenvalue weighted by molar-refractivity contribution is 0.550. The molecule has 0 amide bonds. The minimum Gasteiger partial charge on any atom is -0.326 e. The summed E-state index contributed by atoms with van der Waals surface area (Å²) in [4.78, 5) is 0. The largest absolute Gasteiger partial charge is 0.326 e. The molecule has 0 radical (unpaired) electrons. The molecule has 0 aromatic heterocycles. The third-order valence-electron chi connectivity index (χ3n) is 2.20. The highest BCUT2D eigenvalue weighted by Crippen LogP contribution is 2.10. The van der Waals surface area contributed by atoms with Crippen molar-refractivity contribution in [2.24, 2.45) is 5.73 Å². The third kappa shape index (κ3) is 4.69. The molecule has 0 bridgehead atoms. The maximum absolute atomic E-state index is 13.6. The third-order valence-corrected chi connectivity index (χ3v) is 3.50. The van der Waals surface area contributed by atoms with Crippen LogP contribution >= 0.6 is 0 Å². The lowest BCUT2D eigenvalue weighted by atomic mass is 10.1. The van der Waals surface area contributed by atoms with Crippen LogP contribution in [0, 0.1) is 5.82 Å². The Morgan fingerprint density at radius 2 is 2.06 bits per heavy atom. The molecule has 4 N–H and O–H groups in total. The van der Waals surface area contributed by atoms with Gasteiger partial charge in [-0.2, -0.15) is 17.9 Å². The molecular formula is C11H18FN3O2S. The van der Waals surface area contributed by atoms with Crippen molar-refractivity contribution in [2.75, 3.05) is 0 Å². The smallest absolute Gasteiger partial charge is 0.277 e. The molecular weight excluding hydrogens is 257 g/mol. The summed E-state index contributed by atoms with van der Waals surface area (Å²) in [5.41, 5.74) is 6.32. The molecule has 0 heterocycles. The van der Waals surface area contributed by atoms with E-state index in [1.54, 1.807) is 19.9 Å². The zero-order valence-corrected chi connectivity index (χ0v) is 11.2.